The van der Waals surface area contributed by atoms with Crippen molar-refractivity contribution in [1.29, 1.82) is 0 Å². The summed E-state index contributed by atoms with van der Waals surface area (Å²) in [6.45, 7) is 2.46. The molecule has 0 spiro atoms. The van der Waals surface area contributed by atoms with E-state index in [0.29, 0.717) is 29.2 Å². The van der Waals surface area contributed by atoms with Gasteiger partial charge in [0.1, 0.15) is 0 Å². The maximum absolute atomic E-state index is 13.0. The lowest BCUT2D eigenvalue weighted by Crippen LogP contribution is -2.35. The zero-order chi connectivity index (χ0) is 18.6. The number of hydrogen-bond acceptors (Lipinski definition) is 5. The molecule has 1 aliphatic heterocycles. The van der Waals surface area contributed by atoms with Crippen LogP contribution in [0.3, 0.4) is 0 Å². The molecule has 2 aromatic rings. The maximum Gasteiger partial charge on any atom is 0.256 e. The molecule has 0 N–H and O–H groups in total. The molecule has 4 rings (SSSR count). The van der Waals surface area contributed by atoms with Gasteiger partial charge < -0.3 is 4.90 Å². The van der Waals surface area contributed by atoms with Crippen molar-refractivity contribution in [1.82, 2.24) is 15.1 Å². The van der Waals surface area contributed by atoms with Gasteiger partial charge in [0.2, 0.25) is 0 Å². The second-order valence-electron chi connectivity index (χ2n) is 7.06. The van der Waals surface area contributed by atoms with E-state index in [1.165, 1.54) is 12.3 Å². The van der Waals surface area contributed by atoms with Crippen LogP contribution in [0.4, 0.5) is 0 Å². The zero-order valence-corrected chi connectivity index (χ0v) is 16.0. The van der Waals surface area contributed by atoms with Crippen molar-refractivity contribution in [2.75, 3.05) is 6.26 Å². The number of aromatic nitrogens is 2. The van der Waals surface area contributed by atoms with Gasteiger partial charge in [0.25, 0.3) is 5.91 Å². The Morgan fingerprint density at radius 2 is 1.96 bits per heavy atom. The van der Waals surface area contributed by atoms with Crippen LogP contribution >= 0.6 is 11.6 Å². The molecule has 1 aliphatic carbocycles. The van der Waals surface area contributed by atoms with Crippen LogP contribution in [0.25, 0.3) is 11.1 Å². The summed E-state index contributed by atoms with van der Waals surface area (Å²) in [5.74, 6) is 0.315. The van der Waals surface area contributed by atoms with Gasteiger partial charge in [-0.25, -0.2) is 8.42 Å². The van der Waals surface area contributed by atoms with Crippen molar-refractivity contribution in [3.8, 4) is 11.1 Å². The Balaban J connectivity index is 1.86. The molecule has 1 saturated carbocycles. The van der Waals surface area contributed by atoms with Crippen LogP contribution in [-0.2, 0) is 16.4 Å². The molecule has 0 radical (unpaired) electrons. The fourth-order valence-electron chi connectivity index (χ4n) is 3.56. The van der Waals surface area contributed by atoms with Crippen LogP contribution < -0.4 is 0 Å². The molecule has 2 aliphatic rings. The number of carbonyl (C=O) groups is 1. The molecule has 2 heterocycles. The third kappa shape index (κ3) is 2.99. The van der Waals surface area contributed by atoms with Gasteiger partial charge in [0.05, 0.1) is 16.7 Å². The number of fused-ring (bicyclic) bond motifs is 1. The Morgan fingerprint density at radius 3 is 2.58 bits per heavy atom. The number of sulfone groups is 1. The summed E-state index contributed by atoms with van der Waals surface area (Å²) in [4.78, 5) is 14.8. The minimum absolute atomic E-state index is 0.0634. The summed E-state index contributed by atoms with van der Waals surface area (Å²) < 4.78 is 24.8. The first-order valence-corrected chi connectivity index (χ1v) is 10.7. The van der Waals surface area contributed by atoms with Crippen LogP contribution in [0.2, 0.25) is 5.15 Å². The van der Waals surface area contributed by atoms with E-state index in [4.69, 9.17) is 11.6 Å². The fraction of sp³-hybridized carbons (Fsp3) is 0.389. The molecule has 1 atom stereocenters. The van der Waals surface area contributed by atoms with E-state index >= 15 is 0 Å². The van der Waals surface area contributed by atoms with Gasteiger partial charge in [0, 0.05) is 24.4 Å². The summed E-state index contributed by atoms with van der Waals surface area (Å²) >= 11 is 5.92. The SMILES string of the molecule is C[C@@H](C1CC1)N1Cc2cc(-c3cnnc(Cl)c3)cc(S(C)(=O)=O)c2C1=O. The smallest absolute Gasteiger partial charge is 0.256 e. The second kappa shape index (κ2) is 6.03. The van der Waals surface area contributed by atoms with Gasteiger partial charge in [-0.1, -0.05) is 11.6 Å². The average Bonchev–Trinajstić information content (AvgIpc) is 3.37. The van der Waals surface area contributed by atoms with Crippen LogP contribution in [-0.4, -0.2) is 41.7 Å². The quantitative estimate of drug-likeness (QED) is 0.800. The average molecular weight is 392 g/mol. The molecular weight excluding hydrogens is 374 g/mol. The number of nitrogens with zero attached hydrogens (tertiary/aromatic N) is 3. The Labute approximate surface area is 157 Å². The number of halogens is 1. The topological polar surface area (TPSA) is 80.2 Å². The Morgan fingerprint density at radius 1 is 1.23 bits per heavy atom. The highest BCUT2D eigenvalue weighted by atomic mass is 35.5. The third-order valence-electron chi connectivity index (χ3n) is 5.15. The lowest BCUT2D eigenvalue weighted by Gasteiger charge is -2.24. The molecule has 0 unspecified atom stereocenters. The van der Waals surface area contributed by atoms with E-state index in [-0.39, 0.29) is 22.0 Å². The summed E-state index contributed by atoms with van der Waals surface area (Å²) in [6, 6.07) is 5.13. The predicted molar refractivity (Wildman–Crippen MR) is 97.6 cm³/mol. The van der Waals surface area contributed by atoms with Crippen molar-refractivity contribution < 1.29 is 13.2 Å². The molecule has 0 saturated heterocycles. The Kier molecular flexibility index (Phi) is 4.04. The highest BCUT2D eigenvalue weighted by Gasteiger charge is 2.40. The minimum atomic E-state index is -3.57. The van der Waals surface area contributed by atoms with Crippen molar-refractivity contribution in [3.63, 3.8) is 0 Å². The number of carbonyl (C=O) groups excluding carboxylic acids is 1. The molecular formula is C18H18ClN3O3S. The molecule has 1 amide bonds. The number of hydrogen-bond donors (Lipinski definition) is 0. The molecule has 26 heavy (non-hydrogen) atoms. The van der Waals surface area contributed by atoms with Gasteiger partial charge >= 0.3 is 0 Å². The van der Waals surface area contributed by atoms with E-state index in [1.807, 2.05) is 13.0 Å². The van der Waals surface area contributed by atoms with Crippen molar-refractivity contribution in [3.05, 3.63) is 40.7 Å². The number of benzene rings is 1. The largest absolute Gasteiger partial charge is 0.331 e. The van der Waals surface area contributed by atoms with Crippen LogP contribution in [0.1, 0.15) is 35.7 Å². The van der Waals surface area contributed by atoms with Crippen LogP contribution in [0.15, 0.2) is 29.3 Å². The minimum Gasteiger partial charge on any atom is -0.331 e. The Bertz CT molecular complexity index is 1020. The molecule has 1 fully saturated rings. The lowest BCUT2D eigenvalue weighted by molar-refractivity contribution is 0.0694. The second-order valence-corrected chi connectivity index (χ2v) is 9.43. The summed E-state index contributed by atoms with van der Waals surface area (Å²) in [5.41, 5.74) is 2.36. The van der Waals surface area contributed by atoms with Gasteiger partial charge in [0.15, 0.2) is 15.0 Å². The van der Waals surface area contributed by atoms with Crippen LogP contribution in [0.5, 0.6) is 0 Å². The summed E-state index contributed by atoms with van der Waals surface area (Å²) in [7, 11) is -3.57. The molecule has 8 heteroatoms. The number of rotatable bonds is 4. The van der Waals surface area contributed by atoms with Gasteiger partial charge in [-0.05, 0) is 55.0 Å². The van der Waals surface area contributed by atoms with E-state index in [9.17, 15) is 13.2 Å². The first kappa shape index (κ1) is 17.4. The van der Waals surface area contributed by atoms with Gasteiger partial charge in [-0.3, -0.25) is 4.79 Å². The predicted octanol–water partition coefficient (Wildman–Crippen LogP) is 2.95. The lowest BCUT2D eigenvalue weighted by atomic mass is 10.0. The first-order chi connectivity index (χ1) is 12.3. The number of amides is 1. The van der Waals surface area contributed by atoms with Crippen molar-refractivity contribution in [2.24, 2.45) is 5.92 Å². The highest BCUT2D eigenvalue weighted by molar-refractivity contribution is 7.90. The van der Waals surface area contributed by atoms with E-state index in [1.54, 1.807) is 11.0 Å². The fourth-order valence-corrected chi connectivity index (χ4v) is 4.65. The zero-order valence-electron chi connectivity index (χ0n) is 14.4. The van der Waals surface area contributed by atoms with Crippen LogP contribution in [0, 0.1) is 5.92 Å². The molecule has 1 aromatic heterocycles. The Hall–Kier alpha value is -1.99. The molecule has 6 nitrogen and oxygen atoms in total. The van der Waals surface area contributed by atoms with Gasteiger partial charge in [-0.2, -0.15) is 5.10 Å². The monoisotopic (exact) mass is 391 g/mol. The summed E-state index contributed by atoms with van der Waals surface area (Å²) in [5, 5.41) is 7.77. The highest BCUT2D eigenvalue weighted by Crippen LogP contribution is 2.40. The van der Waals surface area contributed by atoms with Gasteiger partial charge in [-0.15, -0.1) is 5.10 Å². The van der Waals surface area contributed by atoms with Crippen molar-refractivity contribution in [2.45, 2.75) is 37.2 Å². The first-order valence-electron chi connectivity index (χ1n) is 8.42. The molecule has 136 valence electrons. The standard InChI is InChI=1S/C18H18ClN3O3S/c1-10(11-3-4-11)22-9-14-5-12(13-7-16(19)21-20-8-13)6-15(26(2,24)25)17(14)18(22)23/h5-8,10-11H,3-4,9H2,1-2H3/t10-/m0/s1. The third-order valence-corrected chi connectivity index (χ3v) is 6.46. The van der Waals surface area contributed by atoms with E-state index in [2.05, 4.69) is 10.2 Å². The van der Waals surface area contributed by atoms with E-state index in [0.717, 1.165) is 24.7 Å². The normalized spacial score (nSPS) is 18.1. The van der Waals surface area contributed by atoms with E-state index < -0.39 is 9.84 Å². The summed E-state index contributed by atoms with van der Waals surface area (Å²) in [6.07, 6.45) is 4.89. The van der Waals surface area contributed by atoms with Crippen molar-refractivity contribution >= 4 is 27.3 Å². The maximum atomic E-state index is 13.0. The molecule has 0 bridgehead atoms. The molecule has 1 aromatic carbocycles.